The molecule has 0 bridgehead atoms. The summed E-state index contributed by atoms with van der Waals surface area (Å²) in [5.74, 6) is -0.935. The quantitative estimate of drug-likeness (QED) is 0.548. The van der Waals surface area contributed by atoms with Gasteiger partial charge in [-0.25, -0.2) is 4.79 Å². The molecule has 0 aliphatic heterocycles. The predicted octanol–water partition coefficient (Wildman–Crippen LogP) is 0.647. The first-order valence-corrected chi connectivity index (χ1v) is 1.53. The molecule has 0 aliphatic rings. The molecule has 0 heterocycles. The van der Waals surface area contributed by atoms with Gasteiger partial charge in [-0.1, -0.05) is 6.58 Å². The summed E-state index contributed by atoms with van der Waals surface area (Å²) in [5, 5.41) is 7.89. The molecule has 7 heavy (non-hydrogen) atoms. The number of rotatable bonds is 1. The van der Waals surface area contributed by atoms with Crippen LogP contribution < -0.4 is 0 Å². The second-order valence-corrected chi connectivity index (χ2v) is 1.09. The standard InChI is InChI=1S/C4H6O2.Ho/c1-3(2)4(5)6;/h1H2,2H3,(H,5,6);. The summed E-state index contributed by atoms with van der Waals surface area (Å²) in [6.45, 7) is 4.60. The summed E-state index contributed by atoms with van der Waals surface area (Å²) in [6.07, 6.45) is 0. The molecule has 0 aromatic rings. The van der Waals surface area contributed by atoms with Crippen molar-refractivity contribution in [2.24, 2.45) is 0 Å². The van der Waals surface area contributed by atoms with Crippen LogP contribution in [0.25, 0.3) is 0 Å². The number of hydrogen-bond acceptors (Lipinski definition) is 1. The number of aliphatic carboxylic acids is 1. The van der Waals surface area contributed by atoms with E-state index in [1.807, 2.05) is 0 Å². The van der Waals surface area contributed by atoms with Gasteiger partial charge in [0.05, 0.1) is 0 Å². The fourth-order valence-corrected chi connectivity index (χ4v) is 0. The number of carbonyl (C=O) groups is 1. The molecule has 0 amide bonds. The Bertz CT molecular complexity index is 75.7. The number of carboxylic acid groups (broad SMARTS) is 1. The smallest absolute Gasteiger partial charge is 0.330 e. The van der Waals surface area contributed by atoms with Gasteiger partial charge in [0.25, 0.3) is 0 Å². The zero-order valence-electron chi connectivity index (χ0n) is 3.86. The molecule has 1 N–H and O–H groups in total. The van der Waals surface area contributed by atoms with Gasteiger partial charge in [0.15, 0.2) is 0 Å². The molecule has 45 valence electrons. The van der Waals surface area contributed by atoms with E-state index >= 15 is 0 Å². The van der Waals surface area contributed by atoms with Gasteiger partial charge in [-0.05, 0) is 6.92 Å². The van der Waals surface area contributed by atoms with Crippen molar-refractivity contribution in [3.63, 3.8) is 0 Å². The van der Waals surface area contributed by atoms with Crippen molar-refractivity contribution in [2.45, 2.75) is 6.92 Å². The third-order valence-electron chi connectivity index (χ3n) is 0.365. The molecule has 0 saturated carbocycles. The molecule has 1 radical (unpaired) electrons. The van der Waals surface area contributed by atoms with E-state index in [0.29, 0.717) is 0 Å². The number of hydrogen-bond donors (Lipinski definition) is 1. The van der Waals surface area contributed by atoms with E-state index in [2.05, 4.69) is 6.58 Å². The summed E-state index contributed by atoms with van der Waals surface area (Å²) in [6, 6.07) is 0. The van der Waals surface area contributed by atoms with Crippen molar-refractivity contribution < 1.29 is 47.6 Å². The van der Waals surface area contributed by atoms with E-state index in [9.17, 15) is 4.79 Å². The van der Waals surface area contributed by atoms with Gasteiger partial charge < -0.3 is 5.11 Å². The molecule has 2 nitrogen and oxygen atoms in total. The van der Waals surface area contributed by atoms with E-state index in [-0.39, 0.29) is 43.3 Å². The van der Waals surface area contributed by atoms with Crippen molar-refractivity contribution in [1.29, 1.82) is 0 Å². The van der Waals surface area contributed by atoms with Gasteiger partial charge in [-0.3, -0.25) is 0 Å². The van der Waals surface area contributed by atoms with Gasteiger partial charge in [-0.15, -0.1) is 0 Å². The van der Waals surface area contributed by atoms with Crippen LogP contribution in [0.2, 0.25) is 0 Å². The first kappa shape index (κ1) is 10.5. The molecule has 0 fully saturated rings. The number of carboxylic acids is 1. The first-order valence-electron chi connectivity index (χ1n) is 1.53. The van der Waals surface area contributed by atoms with Crippen LogP contribution in [0.5, 0.6) is 0 Å². The Kier molecular flexibility index (Phi) is 6.90. The molecule has 0 atom stereocenters. The van der Waals surface area contributed by atoms with E-state index < -0.39 is 5.97 Å². The fourth-order valence-electron chi connectivity index (χ4n) is 0. The molecule has 0 unspecified atom stereocenters. The molecular weight excluding hydrogens is 245 g/mol. The maximum Gasteiger partial charge on any atom is 0.330 e. The zero-order valence-corrected chi connectivity index (χ0v) is 5.80. The van der Waals surface area contributed by atoms with Crippen molar-refractivity contribution in [3.05, 3.63) is 12.2 Å². The SMILES string of the molecule is C=C(C)C(=O)O.[Ho]. The predicted molar refractivity (Wildman–Crippen MR) is 22.4 cm³/mol. The molecular formula is C4H6HoO2. The van der Waals surface area contributed by atoms with Gasteiger partial charge in [0.2, 0.25) is 0 Å². The monoisotopic (exact) mass is 251 g/mol. The summed E-state index contributed by atoms with van der Waals surface area (Å²) >= 11 is 0. The average Bonchev–Trinajstić information content (AvgIpc) is 1.36. The van der Waals surface area contributed by atoms with Crippen LogP contribution in [-0.4, -0.2) is 11.1 Å². The van der Waals surface area contributed by atoms with Gasteiger partial charge in [0, 0.05) is 43.3 Å². The second kappa shape index (κ2) is 4.62. The Hall–Kier alpha value is 0.470. The summed E-state index contributed by atoms with van der Waals surface area (Å²) in [7, 11) is 0. The Morgan fingerprint density at radius 2 is 1.86 bits per heavy atom. The Balaban J connectivity index is 0. The van der Waals surface area contributed by atoms with E-state index in [4.69, 9.17) is 5.11 Å². The third kappa shape index (κ3) is 6.47. The van der Waals surface area contributed by atoms with Crippen LogP contribution in [0.3, 0.4) is 0 Å². The minimum atomic E-state index is -0.935. The molecule has 0 saturated heterocycles. The molecule has 3 heteroatoms. The second-order valence-electron chi connectivity index (χ2n) is 1.09. The summed E-state index contributed by atoms with van der Waals surface area (Å²) in [4.78, 5) is 9.60. The average molecular weight is 251 g/mol. The van der Waals surface area contributed by atoms with Crippen molar-refractivity contribution in [3.8, 4) is 0 Å². The van der Waals surface area contributed by atoms with Gasteiger partial charge >= 0.3 is 5.97 Å². The van der Waals surface area contributed by atoms with Crippen molar-refractivity contribution in [1.82, 2.24) is 0 Å². The molecule has 0 spiro atoms. The van der Waals surface area contributed by atoms with E-state index in [1.165, 1.54) is 6.92 Å². The van der Waals surface area contributed by atoms with Crippen LogP contribution in [0, 0.1) is 37.7 Å². The van der Waals surface area contributed by atoms with Crippen LogP contribution in [0.1, 0.15) is 6.92 Å². The van der Waals surface area contributed by atoms with E-state index in [1.54, 1.807) is 0 Å². The Labute approximate surface area is 72.2 Å². The fraction of sp³-hybridized carbons (Fsp3) is 0.250. The van der Waals surface area contributed by atoms with Crippen LogP contribution in [0.15, 0.2) is 12.2 Å². The zero-order chi connectivity index (χ0) is 5.15. The maximum atomic E-state index is 9.60. The van der Waals surface area contributed by atoms with Gasteiger partial charge in [0.1, 0.15) is 0 Å². The maximum absolute atomic E-state index is 9.60. The first-order chi connectivity index (χ1) is 2.64. The van der Waals surface area contributed by atoms with Crippen LogP contribution in [0.4, 0.5) is 0 Å². The third-order valence-corrected chi connectivity index (χ3v) is 0.365. The molecule has 0 aromatic heterocycles. The van der Waals surface area contributed by atoms with Crippen LogP contribution in [-0.2, 0) is 4.79 Å². The van der Waals surface area contributed by atoms with Crippen molar-refractivity contribution >= 4 is 5.97 Å². The van der Waals surface area contributed by atoms with Crippen molar-refractivity contribution in [2.75, 3.05) is 0 Å². The normalized spacial score (nSPS) is 6.43. The largest absolute Gasteiger partial charge is 0.478 e. The molecule has 0 aromatic carbocycles. The molecule has 0 rings (SSSR count). The van der Waals surface area contributed by atoms with E-state index in [0.717, 1.165) is 0 Å². The summed E-state index contributed by atoms with van der Waals surface area (Å²) < 4.78 is 0. The Morgan fingerprint density at radius 1 is 1.71 bits per heavy atom. The summed E-state index contributed by atoms with van der Waals surface area (Å²) in [5.41, 5.74) is 0.176. The van der Waals surface area contributed by atoms with Gasteiger partial charge in [-0.2, -0.15) is 0 Å². The topological polar surface area (TPSA) is 37.3 Å². The van der Waals surface area contributed by atoms with Crippen LogP contribution >= 0.6 is 0 Å². The minimum Gasteiger partial charge on any atom is -0.478 e. The Morgan fingerprint density at radius 3 is 1.86 bits per heavy atom. The minimum absolute atomic E-state index is 0. The molecule has 0 aliphatic carbocycles.